The second-order valence-corrected chi connectivity index (χ2v) is 3.46. The first-order chi connectivity index (χ1) is 8.08. The summed E-state index contributed by atoms with van der Waals surface area (Å²) in [5.74, 6) is 3.48. The van der Waals surface area contributed by atoms with Crippen LogP contribution in [0, 0.1) is 11.8 Å². The zero-order chi connectivity index (χ0) is 12.7. The van der Waals surface area contributed by atoms with Crippen molar-refractivity contribution >= 4 is 11.9 Å². The highest BCUT2D eigenvalue weighted by Gasteiger charge is 1.98. The molecule has 0 amide bonds. The molecule has 88 valence electrons. The minimum absolute atomic E-state index is 0.101. The molecule has 0 radical (unpaired) electrons. The predicted molar refractivity (Wildman–Crippen MR) is 61.5 cm³/mol. The van der Waals surface area contributed by atoms with Crippen LogP contribution in [-0.4, -0.2) is 22.2 Å². The average molecular weight is 232 g/mol. The van der Waals surface area contributed by atoms with E-state index in [1.807, 2.05) is 0 Å². The molecule has 0 saturated heterocycles. The van der Waals surface area contributed by atoms with E-state index in [0.29, 0.717) is 6.42 Å². The van der Waals surface area contributed by atoms with Gasteiger partial charge in [0.15, 0.2) is 0 Å². The monoisotopic (exact) mass is 232 g/mol. The van der Waals surface area contributed by atoms with E-state index in [1.165, 1.54) is 0 Å². The maximum Gasteiger partial charge on any atom is 0.315 e. The van der Waals surface area contributed by atoms with Gasteiger partial charge in [0.2, 0.25) is 0 Å². The van der Waals surface area contributed by atoms with E-state index < -0.39 is 11.9 Å². The summed E-state index contributed by atoms with van der Waals surface area (Å²) in [6, 6.07) is 7.11. The topological polar surface area (TPSA) is 74.6 Å². The summed E-state index contributed by atoms with van der Waals surface area (Å²) in [5.41, 5.74) is 1.65. The Morgan fingerprint density at radius 1 is 1.06 bits per heavy atom. The Labute approximate surface area is 98.9 Å². The molecular weight excluding hydrogens is 220 g/mol. The molecule has 0 atom stereocenters. The van der Waals surface area contributed by atoms with E-state index >= 15 is 0 Å². The quantitative estimate of drug-likeness (QED) is 0.772. The molecule has 1 aromatic carbocycles. The molecule has 2 N–H and O–H groups in total. The lowest BCUT2D eigenvalue weighted by Crippen LogP contribution is -1.97. The van der Waals surface area contributed by atoms with Gasteiger partial charge in [0, 0.05) is 12.0 Å². The molecule has 0 fully saturated rings. The molecular formula is C13H12O4. The van der Waals surface area contributed by atoms with E-state index in [-0.39, 0.29) is 12.8 Å². The molecule has 0 saturated carbocycles. The summed E-state index contributed by atoms with van der Waals surface area (Å²) in [6.07, 6.45) is 0.406. The van der Waals surface area contributed by atoms with Crippen molar-refractivity contribution in [2.24, 2.45) is 0 Å². The summed E-state index contributed by atoms with van der Waals surface area (Å²) in [5, 5.41) is 16.9. The Balaban J connectivity index is 2.57. The minimum Gasteiger partial charge on any atom is -0.481 e. The summed E-state index contributed by atoms with van der Waals surface area (Å²) in [7, 11) is 0. The van der Waals surface area contributed by atoms with Gasteiger partial charge in [-0.2, -0.15) is 0 Å². The molecule has 0 heterocycles. The lowest BCUT2D eigenvalue weighted by Gasteiger charge is -1.98. The van der Waals surface area contributed by atoms with Crippen LogP contribution in [0.3, 0.4) is 0 Å². The largest absolute Gasteiger partial charge is 0.481 e. The molecule has 0 aromatic heterocycles. The number of benzene rings is 1. The highest BCUT2D eigenvalue weighted by atomic mass is 16.4. The van der Waals surface area contributed by atoms with Crippen molar-refractivity contribution in [3.05, 3.63) is 35.4 Å². The van der Waals surface area contributed by atoms with Crippen LogP contribution >= 0.6 is 0 Å². The first-order valence-electron chi connectivity index (χ1n) is 5.09. The molecule has 4 nitrogen and oxygen atoms in total. The van der Waals surface area contributed by atoms with Gasteiger partial charge in [-0.1, -0.05) is 24.0 Å². The summed E-state index contributed by atoms with van der Waals surface area (Å²) < 4.78 is 0. The molecule has 1 rings (SSSR count). The molecule has 17 heavy (non-hydrogen) atoms. The highest BCUT2D eigenvalue weighted by molar-refractivity contribution is 5.70. The van der Waals surface area contributed by atoms with Crippen LogP contribution in [0.15, 0.2) is 24.3 Å². The van der Waals surface area contributed by atoms with Crippen molar-refractivity contribution in [3.8, 4) is 11.8 Å². The van der Waals surface area contributed by atoms with Crippen LogP contribution in [0.1, 0.15) is 24.0 Å². The molecule has 0 spiro atoms. The minimum atomic E-state index is -0.949. The van der Waals surface area contributed by atoms with Crippen LogP contribution in [0.2, 0.25) is 0 Å². The van der Waals surface area contributed by atoms with Gasteiger partial charge in [-0.25, -0.2) is 0 Å². The predicted octanol–water partition coefficient (Wildman–Crippen LogP) is 1.53. The molecule has 0 aliphatic rings. The van der Waals surface area contributed by atoms with Gasteiger partial charge in [0.05, 0.1) is 0 Å². The van der Waals surface area contributed by atoms with Gasteiger partial charge >= 0.3 is 11.9 Å². The number of carbonyl (C=O) groups is 2. The van der Waals surface area contributed by atoms with E-state index in [9.17, 15) is 9.59 Å². The van der Waals surface area contributed by atoms with Gasteiger partial charge in [0.25, 0.3) is 0 Å². The van der Waals surface area contributed by atoms with Gasteiger partial charge in [-0.3, -0.25) is 9.59 Å². The fourth-order valence-electron chi connectivity index (χ4n) is 1.23. The van der Waals surface area contributed by atoms with E-state index in [4.69, 9.17) is 10.2 Å². The number of hydrogen-bond acceptors (Lipinski definition) is 2. The number of rotatable bonds is 4. The Morgan fingerprint density at radius 3 is 2.24 bits per heavy atom. The van der Waals surface area contributed by atoms with Crippen LogP contribution in [0.4, 0.5) is 0 Å². The number of aryl methyl sites for hydroxylation is 1. The van der Waals surface area contributed by atoms with E-state index in [1.54, 1.807) is 24.3 Å². The van der Waals surface area contributed by atoms with E-state index in [0.717, 1.165) is 11.1 Å². The van der Waals surface area contributed by atoms with Crippen LogP contribution in [0.25, 0.3) is 0 Å². The molecule has 0 bridgehead atoms. The van der Waals surface area contributed by atoms with Gasteiger partial charge in [0.1, 0.15) is 6.42 Å². The number of hydrogen-bond donors (Lipinski definition) is 2. The third-order valence-corrected chi connectivity index (χ3v) is 2.05. The Kier molecular flexibility index (Phi) is 4.77. The lowest BCUT2D eigenvalue weighted by atomic mass is 10.1. The smallest absolute Gasteiger partial charge is 0.315 e. The fraction of sp³-hybridized carbons (Fsp3) is 0.231. The van der Waals surface area contributed by atoms with Gasteiger partial charge in [-0.15, -0.1) is 0 Å². The summed E-state index contributed by atoms with van der Waals surface area (Å²) >= 11 is 0. The van der Waals surface area contributed by atoms with Crippen molar-refractivity contribution in [1.82, 2.24) is 0 Å². The normalized spacial score (nSPS) is 9.18. The van der Waals surface area contributed by atoms with Gasteiger partial charge in [-0.05, 0) is 24.1 Å². The van der Waals surface area contributed by atoms with Crippen LogP contribution < -0.4 is 0 Å². The standard InChI is InChI=1S/C13H12O4/c14-12(15)3-1-2-10-4-6-11(7-5-10)8-9-13(16)17/h4-7H,3,8-9H2,(H,14,15)(H,16,17). The average Bonchev–Trinajstić information content (AvgIpc) is 2.27. The van der Waals surface area contributed by atoms with Crippen LogP contribution in [-0.2, 0) is 16.0 Å². The third kappa shape index (κ3) is 5.38. The molecule has 0 aliphatic heterocycles. The summed E-state index contributed by atoms with van der Waals surface area (Å²) in [4.78, 5) is 20.6. The zero-order valence-electron chi connectivity index (χ0n) is 9.14. The lowest BCUT2D eigenvalue weighted by molar-refractivity contribution is -0.137. The molecule has 0 aliphatic carbocycles. The maximum atomic E-state index is 10.4. The second-order valence-electron chi connectivity index (χ2n) is 3.46. The van der Waals surface area contributed by atoms with Crippen molar-refractivity contribution in [2.45, 2.75) is 19.3 Å². The van der Waals surface area contributed by atoms with Crippen molar-refractivity contribution in [1.29, 1.82) is 0 Å². The Morgan fingerprint density at radius 2 is 1.71 bits per heavy atom. The number of aliphatic carboxylic acids is 2. The van der Waals surface area contributed by atoms with Gasteiger partial charge < -0.3 is 10.2 Å². The first-order valence-corrected chi connectivity index (χ1v) is 5.09. The summed E-state index contributed by atoms with van der Waals surface area (Å²) in [6.45, 7) is 0. The first kappa shape index (κ1) is 12.8. The maximum absolute atomic E-state index is 10.4. The number of carboxylic acid groups (broad SMARTS) is 2. The van der Waals surface area contributed by atoms with Crippen molar-refractivity contribution in [2.75, 3.05) is 0 Å². The zero-order valence-corrected chi connectivity index (χ0v) is 9.14. The molecule has 1 aromatic rings. The number of carboxylic acids is 2. The Bertz CT molecular complexity index is 462. The fourth-order valence-corrected chi connectivity index (χ4v) is 1.23. The van der Waals surface area contributed by atoms with Crippen LogP contribution in [0.5, 0.6) is 0 Å². The third-order valence-electron chi connectivity index (χ3n) is 2.05. The molecule has 0 unspecified atom stereocenters. The van der Waals surface area contributed by atoms with Crippen molar-refractivity contribution < 1.29 is 19.8 Å². The molecule has 4 heteroatoms. The SMILES string of the molecule is O=C(O)CC#Cc1ccc(CCC(=O)O)cc1. The van der Waals surface area contributed by atoms with Crippen molar-refractivity contribution in [3.63, 3.8) is 0 Å². The second kappa shape index (κ2) is 6.33. The Hall–Kier alpha value is -2.28. The van der Waals surface area contributed by atoms with E-state index in [2.05, 4.69) is 11.8 Å². The highest BCUT2D eigenvalue weighted by Crippen LogP contribution is 2.06.